The van der Waals surface area contributed by atoms with Crippen molar-refractivity contribution in [1.82, 2.24) is 10.2 Å². The van der Waals surface area contributed by atoms with Gasteiger partial charge in [-0.15, -0.1) is 0 Å². The predicted octanol–water partition coefficient (Wildman–Crippen LogP) is 2.64. The molecule has 0 radical (unpaired) electrons. The van der Waals surface area contributed by atoms with Gasteiger partial charge in [-0.1, -0.05) is 27.2 Å². The van der Waals surface area contributed by atoms with Gasteiger partial charge in [0.25, 0.3) is 0 Å². The highest BCUT2D eigenvalue weighted by atomic mass is 15.1. The normalized spacial score (nSPS) is 27.2. The van der Waals surface area contributed by atoms with Gasteiger partial charge in [-0.25, -0.2) is 0 Å². The van der Waals surface area contributed by atoms with Crippen molar-refractivity contribution in [3.8, 4) is 0 Å². The Bertz CT molecular complexity index is 155. The molecule has 0 aromatic carbocycles. The van der Waals surface area contributed by atoms with Crippen LogP contribution < -0.4 is 5.32 Å². The highest BCUT2D eigenvalue weighted by Gasteiger charge is 2.24. The maximum absolute atomic E-state index is 3.68. The zero-order valence-corrected chi connectivity index (χ0v) is 10.8. The molecule has 1 N–H and O–H groups in total. The lowest BCUT2D eigenvalue weighted by molar-refractivity contribution is 0.152. The van der Waals surface area contributed by atoms with Crippen molar-refractivity contribution in [3.63, 3.8) is 0 Å². The minimum absolute atomic E-state index is 0.782. The monoisotopic (exact) mass is 212 g/mol. The van der Waals surface area contributed by atoms with E-state index < -0.39 is 0 Å². The summed E-state index contributed by atoms with van der Waals surface area (Å²) in [5, 5.41) is 3.68. The van der Waals surface area contributed by atoms with Crippen LogP contribution in [0.25, 0.3) is 0 Å². The summed E-state index contributed by atoms with van der Waals surface area (Å²) in [5.74, 6) is 0. The summed E-state index contributed by atoms with van der Waals surface area (Å²) in [5.41, 5.74) is 0. The molecule has 0 saturated heterocycles. The molecule has 15 heavy (non-hydrogen) atoms. The van der Waals surface area contributed by atoms with Gasteiger partial charge in [0.1, 0.15) is 0 Å². The SMILES string of the molecule is CCCNC1CCCC(N(CC)CC)C1. The first-order chi connectivity index (χ1) is 7.31. The van der Waals surface area contributed by atoms with Gasteiger partial charge in [0, 0.05) is 12.1 Å². The van der Waals surface area contributed by atoms with Crippen LogP contribution in [0.1, 0.15) is 52.9 Å². The third-order valence-electron chi connectivity index (χ3n) is 3.66. The Morgan fingerprint density at radius 3 is 2.47 bits per heavy atom. The van der Waals surface area contributed by atoms with Crippen molar-refractivity contribution in [1.29, 1.82) is 0 Å². The molecule has 1 aliphatic carbocycles. The zero-order valence-electron chi connectivity index (χ0n) is 10.8. The Morgan fingerprint density at radius 2 is 1.87 bits per heavy atom. The van der Waals surface area contributed by atoms with E-state index in [-0.39, 0.29) is 0 Å². The van der Waals surface area contributed by atoms with E-state index in [2.05, 4.69) is 31.0 Å². The molecule has 2 nitrogen and oxygen atoms in total. The maximum atomic E-state index is 3.68. The molecule has 1 fully saturated rings. The second-order valence-electron chi connectivity index (χ2n) is 4.69. The van der Waals surface area contributed by atoms with Gasteiger partial charge in [-0.2, -0.15) is 0 Å². The van der Waals surface area contributed by atoms with Crippen LogP contribution in [0.15, 0.2) is 0 Å². The summed E-state index contributed by atoms with van der Waals surface area (Å²) in [4.78, 5) is 2.62. The third-order valence-corrected chi connectivity index (χ3v) is 3.66. The van der Waals surface area contributed by atoms with E-state index >= 15 is 0 Å². The molecule has 0 aromatic heterocycles. The van der Waals surface area contributed by atoms with Crippen LogP contribution >= 0.6 is 0 Å². The molecular formula is C13H28N2. The van der Waals surface area contributed by atoms with E-state index in [0.29, 0.717) is 0 Å². The summed E-state index contributed by atoms with van der Waals surface area (Å²) < 4.78 is 0. The standard InChI is InChI=1S/C13H28N2/c1-4-10-14-12-8-7-9-13(11-12)15(5-2)6-3/h12-14H,4-11H2,1-3H3. The second kappa shape index (κ2) is 7.24. The number of nitrogens with zero attached hydrogens (tertiary/aromatic N) is 1. The summed E-state index contributed by atoms with van der Waals surface area (Å²) >= 11 is 0. The van der Waals surface area contributed by atoms with Crippen molar-refractivity contribution >= 4 is 0 Å². The Labute approximate surface area is 95.4 Å². The molecule has 2 atom stereocenters. The Hall–Kier alpha value is -0.0800. The molecule has 2 unspecified atom stereocenters. The summed E-state index contributed by atoms with van der Waals surface area (Å²) in [6.07, 6.45) is 6.82. The zero-order chi connectivity index (χ0) is 11.1. The average Bonchev–Trinajstić information content (AvgIpc) is 2.29. The topological polar surface area (TPSA) is 15.3 Å². The van der Waals surface area contributed by atoms with Gasteiger partial charge in [-0.05, 0) is 45.3 Å². The first kappa shape index (κ1) is 13.0. The third kappa shape index (κ3) is 4.12. The second-order valence-corrected chi connectivity index (χ2v) is 4.69. The molecule has 2 heteroatoms. The molecule has 0 spiro atoms. The first-order valence-corrected chi connectivity index (χ1v) is 6.79. The predicted molar refractivity (Wildman–Crippen MR) is 67.3 cm³/mol. The van der Waals surface area contributed by atoms with Crippen molar-refractivity contribution < 1.29 is 0 Å². The van der Waals surface area contributed by atoms with Gasteiger partial charge in [-0.3, -0.25) is 0 Å². The van der Waals surface area contributed by atoms with Crippen molar-refractivity contribution in [2.24, 2.45) is 0 Å². The van der Waals surface area contributed by atoms with Gasteiger partial charge < -0.3 is 10.2 Å². The van der Waals surface area contributed by atoms with Crippen LogP contribution in [-0.2, 0) is 0 Å². The van der Waals surface area contributed by atoms with E-state index in [1.807, 2.05) is 0 Å². The number of nitrogens with one attached hydrogen (secondary N) is 1. The van der Waals surface area contributed by atoms with Gasteiger partial charge in [0.15, 0.2) is 0 Å². The number of hydrogen-bond donors (Lipinski definition) is 1. The van der Waals surface area contributed by atoms with Crippen LogP contribution in [0.3, 0.4) is 0 Å². The van der Waals surface area contributed by atoms with Crippen molar-refractivity contribution in [2.45, 2.75) is 65.0 Å². The minimum Gasteiger partial charge on any atom is -0.314 e. The van der Waals surface area contributed by atoms with E-state index in [1.54, 1.807) is 0 Å². The lowest BCUT2D eigenvalue weighted by Crippen LogP contribution is -2.44. The smallest absolute Gasteiger partial charge is 0.0110 e. The molecule has 0 amide bonds. The van der Waals surface area contributed by atoms with E-state index in [9.17, 15) is 0 Å². The van der Waals surface area contributed by atoms with Crippen LogP contribution in [0, 0.1) is 0 Å². The van der Waals surface area contributed by atoms with Crippen LogP contribution in [0.2, 0.25) is 0 Å². The van der Waals surface area contributed by atoms with E-state index in [0.717, 1.165) is 12.1 Å². The van der Waals surface area contributed by atoms with Crippen LogP contribution in [0.4, 0.5) is 0 Å². The Balaban J connectivity index is 2.33. The van der Waals surface area contributed by atoms with E-state index in [1.165, 1.54) is 51.7 Å². The largest absolute Gasteiger partial charge is 0.314 e. The summed E-state index contributed by atoms with van der Waals surface area (Å²) in [6, 6.07) is 1.62. The molecule has 0 heterocycles. The molecule has 0 aliphatic heterocycles. The van der Waals surface area contributed by atoms with Crippen LogP contribution in [0.5, 0.6) is 0 Å². The molecule has 1 aliphatic rings. The first-order valence-electron chi connectivity index (χ1n) is 6.79. The molecule has 90 valence electrons. The van der Waals surface area contributed by atoms with Crippen LogP contribution in [-0.4, -0.2) is 36.6 Å². The average molecular weight is 212 g/mol. The summed E-state index contributed by atoms with van der Waals surface area (Å²) in [7, 11) is 0. The van der Waals surface area contributed by atoms with E-state index in [4.69, 9.17) is 0 Å². The highest BCUT2D eigenvalue weighted by molar-refractivity contribution is 4.83. The maximum Gasteiger partial charge on any atom is 0.0110 e. The lowest BCUT2D eigenvalue weighted by atomic mass is 9.90. The van der Waals surface area contributed by atoms with Crippen molar-refractivity contribution in [3.05, 3.63) is 0 Å². The number of hydrogen-bond acceptors (Lipinski definition) is 2. The molecule has 1 rings (SSSR count). The highest BCUT2D eigenvalue weighted by Crippen LogP contribution is 2.22. The fraction of sp³-hybridized carbons (Fsp3) is 1.00. The van der Waals surface area contributed by atoms with Gasteiger partial charge in [0.05, 0.1) is 0 Å². The Kier molecular flexibility index (Phi) is 6.26. The fourth-order valence-corrected chi connectivity index (χ4v) is 2.77. The van der Waals surface area contributed by atoms with Gasteiger partial charge in [0.2, 0.25) is 0 Å². The quantitative estimate of drug-likeness (QED) is 0.728. The fourth-order valence-electron chi connectivity index (χ4n) is 2.77. The summed E-state index contributed by atoms with van der Waals surface area (Å²) in [6.45, 7) is 10.4. The van der Waals surface area contributed by atoms with Gasteiger partial charge >= 0.3 is 0 Å². The van der Waals surface area contributed by atoms with Crippen molar-refractivity contribution in [2.75, 3.05) is 19.6 Å². The molecule has 0 bridgehead atoms. The Morgan fingerprint density at radius 1 is 1.13 bits per heavy atom. The lowest BCUT2D eigenvalue weighted by Gasteiger charge is -2.36. The molecule has 1 saturated carbocycles. The molecule has 0 aromatic rings. The number of rotatable bonds is 6. The minimum atomic E-state index is 0.782. The molecular weight excluding hydrogens is 184 g/mol.